The molecule has 1 saturated carbocycles. The van der Waals surface area contributed by atoms with Crippen molar-refractivity contribution in [1.82, 2.24) is 4.57 Å². The second-order valence-electron chi connectivity index (χ2n) is 4.55. The monoisotopic (exact) mass is 177 g/mol. The third-order valence-electron chi connectivity index (χ3n) is 3.27. The van der Waals surface area contributed by atoms with Crippen molar-refractivity contribution >= 4 is 0 Å². The molecule has 2 rings (SSSR count). The summed E-state index contributed by atoms with van der Waals surface area (Å²) >= 11 is 0. The molecule has 1 aliphatic carbocycles. The lowest BCUT2D eigenvalue weighted by atomic mass is 9.87. The first kappa shape index (κ1) is 8.86. The van der Waals surface area contributed by atoms with Crippen LogP contribution in [-0.4, -0.2) is 4.57 Å². The van der Waals surface area contributed by atoms with Gasteiger partial charge in [0.05, 0.1) is 0 Å². The summed E-state index contributed by atoms with van der Waals surface area (Å²) in [5, 5.41) is 0. The number of nitrogens with zero attached hydrogens (tertiary/aromatic N) is 1. The van der Waals surface area contributed by atoms with Crippen LogP contribution in [0.25, 0.3) is 0 Å². The molecule has 0 spiro atoms. The number of hydrogen-bond donors (Lipinski definition) is 0. The van der Waals surface area contributed by atoms with E-state index in [4.69, 9.17) is 0 Å². The van der Waals surface area contributed by atoms with Gasteiger partial charge in [-0.05, 0) is 50.2 Å². The first-order chi connectivity index (χ1) is 6.25. The van der Waals surface area contributed by atoms with E-state index in [9.17, 15) is 0 Å². The van der Waals surface area contributed by atoms with Gasteiger partial charge in [-0.2, -0.15) is 0 Å². The standard InChI is InChI=1S/C12H19N/c1-10-3-5-12(6-4-10)13-8-7-11(2)9-13/h7-10,12H,3-6H2,1-2H3. The lowest BCUT2D eigenvalue weighted by molar-refractivity contribution is 0.290. The van der Waals surface area contributed by atoms with Crippen LogP contribution >= 0.6 is 0 Å². The highest BCUT2D eigenvalue weighted by atomic mass is 15.0. The summed E-state index contributed by atoms with van der Waals surface area (Å²) < 4.78 is 2.40. The number of aryl methyl sites for hydroxylation is 1. The minimum atomic E-state index is 0.782. The van der Waals surface area contributed by atoms with E-state index in [-0.39, 0.29) is 0 Å². The second kappa shape index (κ2) is 3.57. The van der Waals surface area contributed by atoms with Crippen LogP contribution in [-0.2, 0) is 0 Å². The quantitative estimate of drug-likeness (QED) is 0.618. The second-order valence-corrected chi connectivity index (χ2v) is 4.55. The Kier molecular flexibility index (Phi) is 2.43. The zero-order valence-electron chi connectivity index (χ0n) is 8.66. The van der Waals surface area contributed by atoms with Gasteiger partial charge in [0.2, 0.25) is 0 Å². The molecule has 1 nitrogen and oxygen atoms in total. The van der Waals surface area contributed by atoms with Gasteiger partial charge < -0.3 is 4.57 Å². The van der Waals surface area contributed by atoms with Gasteiger partial charge in [-0.15, -0.1) is 0 Å². The van der Waals surface area contributed by atoms with Gasteiger partial charge in [-0.25, -0.2) is 0 Å². The molecule has 1 aliphatic rings. The van der Waals surface area contributed by atoms with Crippen LogP contribution in [0, 0.1) is 12.8 Å². The fraction of sp³-hybridized carbons (Fsp3) is 0.667. The Morgan fingerprint density at radius 3 is 2.46 bits per heavy atom. The molecule has 0 bridgehead atoms. The summed E-state index contributed by atoms with van der Waals surface area (Å²) in [5.41, 5.74) is 1.39. The Bertz CT molecular complexity index is 266. The summed E-state index contributed by atoms with van der Waals surface area (Å²) in [7, 11) is 0. The molecule has 72 valence electrons. The third-order valence-corrected chi connectivity index (χ3v) is 3.27. The molecule has 0 aromatic carbocycles. The van der Waals surface area contributed by atoms with E-state index in [1.165, 1.54) is 31.2 Å². The fourth-order valence-corrected chi connectivity index (χ4v) is 2.29. The maximum absolute atomic E-state index is 2.40. The molecule has 1 aromatic heterocycles. The lowest BCUT2D eigenvalue weighted by Crippen LogP contribution is -2.15. The smallest absolute Gasteiger partial charge is 0.0331 e. The van der Waals surface area contributed by atoms with Crippen LogP contribution in [0.5, 0.6) is 0 Å². The van der Waals surface area contributed by atoms with Gasteiger partial charge in [-0.1, -0.05) is 6.92 Å². The molecule has 0 amide bonds. The SMILES string of the molecule is Cc1ccn(C2CCC(C)CC2)c1. The predicted molar refractivity (Wildman–Crippen MR) is 55.8 cm³/mol. The Morgan fingerprint density at radius 2 is 1.92 bits per heavy atom. The van der Waals surface area contributed by atoms with E-state index in [1.54, 1.807) is 0 Å². The summed E-state index contributed by atoms with van der Waals surface area (Å²) in [5.74, 6) is 0.952. The van der Waals surface area contributed by atoms with Crippen molar-refractivity contribution in [1.29, 1.82) is 0 Å². The molecule has 1 aromatic rings. The summed E-state index contributed by atoms with van der Waals surface area (Å²) in [4.78, 5) is 0. The third kappa shape index (κ3) is 1.96. The number of hydrogen-bond acceptors (Lipinski definition) is 0. The van der Waals surface area contributed by atoms with Crippen LogP contribution in [0.2, 0.25) is 0 Å². The Hall–Kier alpha value is -0.720. The van der Waals surface area contributed by atoms with Crippen molar-refractivity contribution in [2.75, 3.05) is 0 Å². The highest BCUT2D eigenvalue weighted by molar-refractivity contribution is 5.08. The molecule has 0 atom stereocenters. The molecule has 0 unspecified atom stereocenters. The van der Waals surface area contributed by atoms with Crippen LogP contribution in [0.1, 0.15) is 44.2 Å². The van der Waals surface area contributed by atoms with Crippen molar-refractivity contribution in [2.24, 2.45) is 5.92 Å². The number of rotatable bonds is 1. The molecular formula is C12H19N. The summed E-state index contributed by atoms with van der Waals surface area (Å²) in [6.07, 6.45) is 10.1. The van der Waals surface area contributed by atoms with Gasteiger partial charge >= 0.3 is 0 Å². The Labute approximate surface area is 80.8 Å². The topological polar surface area (TPSA) is 4.93 Å². The molecule has 1 heterocycles. The lowest BCUT2D eigenvalue weighted by Gasteiger charge is -2.27. The molecular weight excluding hydrogens is 158 g/mol. The predicted octanol–water partition coefficient (Wildman–Crippen LogP) is 3.55. The van der Waals surface area contributed by atoms with Crippen LogP contribution in [0.3, 0.4) is 0 Å². The molecule has 1 heteroatoms. The van der Waals surface area contributed by atoms with E-state index < -0.39 is 0 Å². The molecule has 0 radical (unpaired) electrons. The largest absolute Gasteiger partial charge is 0.351 e. The first-order valence-corrected chi connectivity index (χ1v) is 5.40. The fourth-order valence-electron chi connectivity index (χ4n) is 2.29. The van der Waals surface area contributed by atoms with E-state index in [1.807, 2.05) is 0 Å². The zero-order valence-corrected chi connectivity index (χ0v) is 8.66. The van der Waals surface area contributed by atoms with Crippen molar-refractivity contribution < 1.29 is 0 Å². The van der Waals surface area contributed by atoms with E-state index in [2.05, 4.69) is 36.9 Å². The minimum Gasteiger partial charge on any atom is -0.351 e. The molecule has 13 heavy (non-hydrogen) atoms. The van der Waals surface area contributed by atoms with E-state index in [0.717, 1.165) is 12.0 Å². The van der Waals surface area contributed by atoms with Gasteiger partial charge in [0, 0.05) is 18.4 Å². The molecule has 0 aliphatic heterocycles. The number of aromatic nitrogens is 1. The van der Waals surface area contributed by atoms with Crippen LogP contribution in [0.15, 0.2) is 18.5 Å². The van der Waals surface area contributed by atoms with Crippen LogP contribution in [0.4, 0.5) is 0 Å². The minimum absolute atomic E-state index is 0.782. The first-order valence-electron chi connectivity index (χ1n) is 5.40. The van der Waals surface area contributed by atoms with E-state index >= 15 is 0 Å². The highest BCUT2D eigenvalue weighted by Gasteiger charge is 2.18. The van der Waals surface area contributed by atoms with Crippen molar-refractivity contribution in [3.05, 3.63) is 24.0 Å². The average molecular weight is 177 g/mol. The van der Waals surface area contributed by atoms with Crippen molar-refractivity contribution in [3.63, 3.8) is 0 Å². The maximum Gasteiger partial charge on any atom is 0.0331 e. The van der Waals surface area contributed by atoms with Gasteiger partial charge in [0.15, 0.2) is 0 Å². The van der Waals surface area contributed by atoms with Crippen molar-refractivity contribution in [2.45, 2.75) is 45.6 Å². The van der Waals surface area contributed by atoms with Gasteiger partial charge in [-0.3, -0.25) is 0 Å². The van der Waals surface area contributed by atoms with Crippen molar-refractivity contribution in [3.8, 4) is 0 Å². The Morgan fingerprint density at radius 1 is 1.23 bits per heavy atom. The maximum atomic E-state index is 2.40. The van der Waals surface area contributed by atoms with Gasteiger partial charge in [0.25, 0.3) is 0 Å². The highest BCUT2D eigenvalue weighted by Crippen LogP contribution is 2.31. The van der Waals surface area contributed by atoms with Crippen LogP contribution < -0.4 is 0 Å². The normalized spacial score (nSPS) is 29.1. The molecule has 0 saturated heterocycles. The van der Waals surface area contributed by atoms with Gasteiger partial charge in [0.1, 0.15) is 0 Å². The zero-order chi connectivity index (χ0) is 9.26. The average Bonchev–Trinajstić information content (AvgIpc) is 2.53. The Balaban J connectivity index is 2.02. The summed E-state index contributed by atoms with van der Waals surface area (Å²) in [6.45, 7) is 4.54. The van der Waals surface area contributed by atoms with E-state index in [0.29, 0.717) is 0 Å². The molecule has 0 N–H and O–H groups in total. The molecule has 1 fully saturated rings. The summed E-state index contributed by atoms with van der Waals surface area (Å²) in [6, 6.07) is 2.99.